The topological polar surface area (TPSA) is 46.3 Å². The Hall–Kier alpha value is -0.220. The molecular weight excluding hydrogens is 196 g/mol. The standard InChI is InChI=1S/C10H18N2OS/c11-9-4-1-5-12(10(9)13)7-8-3-2-6-14-8/h8-9H,1-7,11H2. The van der Waals surface area contributed by atoms with Gasteiger partial charge in [-0.25, -0.2) is 0 Å². The van der Waals surface area contributed by atoms with Crippen LogP contribution in [0.4, 0.5) is 0 Å². The number of nitrogens with zero attached hydrogens (tertiary/aromatic N) is 1. The van der Waals surface area contributed by atoms with Crippen LogP contribution in [0.5, 0.6) is 0 Å². The number of hydrogen-bond acceptors (Lipinski definition) is 3. The van der Waals surface area contributed by atoms with Gasteiger partial charge in [0.1, 0.15) is 0 Å². The minimum Gasteiger partial charge on any atom is -0.340 e. The molecule has 0 saturated carbocycles. The Morgan fingerprint density at radius 3 is 3.00 bits per heavy atom. The van der Waals surface area contributed by atoms with E-state index in [1.807, 2.05) is 16.7 Å². The van der Waals surface area contributed by atoms with Gasteiger partial charge in [0, 0.05) is 18.3 Å². The maximum absolute atomic E-state index is 11.7. The fourth-order valence-electron chi connectivity index (χ4n) is 2.19. The molecule has 2 aliphatic rings. The van der Waals surface area contributed by atoms with Crippen LogP contribution in [0.3, 0.4) is 0 Å². The number of carbonyl (C=O) groups excluding carboxylic acids is 1. The third kappa shape index (κ3) is 2.23. The van der Waals surface area contributed by atoms with Crippen molar-refractivity contribution < 1.29 is 4.79 Å². The summed E-state index contributed by atoms with van der Waals surface area (Å²) in [7, 11) is 0. The zero-order valence-electron chi connectivity index (χ0n) is 8.45. The number of carbonyl (C=O) groups is 1. The van der Waals surface area contributed by atoms with E-state index in [2.05, 4.69) is 0 Å². The normalized spacial score (nSPS) is 33.8. The van der Waals surface area contributed by atoms with Gasteiger partial charge in [-0.1, -0.05) is 0 Å². The van der Waals surface area contributed by atoms with E-state index in [1.54, 1.807) is 0 Å². The molecule has 2 heterocycles. The molecule has 0 aromatic carbocycles. The quantitative estimate of drug-likeness (QED) is 0.740. The molecule has 2 aliphatic heterocycles. The van der Waals surface area contributed by atoms with Gasteiger partial charge in [0.15, 0.2) is 0 Å². The summed E-state index contributed by atoms with van der Waals surface area (Å²) < 4.78 is 0. The van der Waals surface area contributed by atoms with Crippen molar-refractivity contribution in [3.63, 3.8) is 0 Å². The summed E-state index contributed by atoms with van der Waals surface area (Å²) in [5.41, 5.74) is 5.74. The third-order valence-corrected chi connectivity index (χ3v) is 4.40. The van der Waals surface area contributed by atoms with Crippen molar-refractivity contribution in [1.29, 1.82) is 0 Å². The first kappa shape index (κ1) is 10.3. The lowest BCUT2D eigenvalue weighted by Gasteiger charge is -2.32. The van der Waals surface area contributed by atoms with Gasteiger partial charge in [-0.3, -0.25) is 4.79 Å². The molecule has 0 spiro atoms. The van der Waals surface area contributed by atoms with Crippen LogP contribution in [0.15, 0.2) is 0 Å². The summed E-state index contributed by atoms with van der Waals surface area (Å²) in [6.07, 6.45) is 4.52. The highest BCUT2D eigenvalue weighted by molar-refractivity contribution is 8.00. The number of likely N-dealkylation sites (tertiary alicyclic amines) is 1. The number of thioether (sulfide) groups is 1. The van der Waals surface area contributed by atoms with Crippen molar-refractivity contribution in [3.05, 3.63) is 0 Å². The van der Waals surface area contributed by atoms with Crippen molar-refractivity contribution >= 4 is 17.7 Å². The molecular formula is C10H18N2OS. The largest absolute Gasteiger partial charge is 0.340 e. The van der Waals surface area contributed by atoms with Gasteiger partial charge in [0.05, 0.1) is 6.04 Å². The summed E-state index contributed by atoms with van der Waals surface area (Å²) in [5.74, 6) is 1.43. The number of amides is 1. The average Bonchev–Trinajstić information content (AvgIpc) is 2.66. The number of piperidine rings is 1. The SMILES string of the molecule is NC1CCCN(CC2CCCS2)C1=O. The minimum atomic E-state index is -0.227. The monoisotopic (exact) mass is 214 g/mol. The fraction of sp³-hybridized carbons (Fsp3) is 0.900. The molecule has 3 nitrogen and oxygen atoms in total. The Morgan fingerprint density at radius 2 is 2.29 bits per heavy atom. The summed E-state index contributed by atoms with van der Waals surface area (Å²) in [4.78, 5) is 13.7. The van der Waals surface area contributed by atoms with Gasteiger partial charge in [-0.05, 0) is 31.4 Å². The Kier molecular flexibility index (Phi) is 3.34. The van der Waals surface area contributed by atoms with E-state index in [4.69, 9.17) is 5.73 Å². The molecule has 80 valence electrons. The summed E-state index contributed by atoms with van der Waals surface area (Å²) in [6.45, 7) is 1.85. The maximum Gasteiger partial charge on any atom is 0.239 e. The second kappa shape index (κ2) is 4.53. The van der Waals surface area contributed by atoms with E-state index in [1.165, 1.54) is 18.6 Å². The summed E-state index contributed by atoms with van der Waals surface area (Å²) in [6, 6.07) is -0.227. The van der Waals surface area contributed by atoms with Gasteiger partial charge in [0.2, 0.25) is 5.91 Å². The van der Waals surface area contributed by atoms with E-state index in [0.717, 1.165) is 25.9 Å². The lowest BCUT2D eigenvalue weighted by molar-refractivity contribution is -0.134. The molecule has 2 rings (SSSR count). The summed E-state index contributed by atoms with van der Waals surface area (Å²) >= 11 is 2.00. The van der Waals surface area contributed by atoms with Crippen LogP contribution in [-0.2, 0) is 4.79 Å². The van der Waals surface area contributed by atoms with Gasteiger partial charge in [0.25, 0.3) is 0 Å². The van der Waals surface area contributed by atoms with E-state index in [9.17, 15) is 4.79 Å². The van der Waals surface area contributed by atoms with Crippen LogP contribution in [0, 0.1) is 0 Å². The van der Waals surface area contributed by atoms with Crippen LogP contribution in [0.1, 0.15) is 25.7 Å². The number of hydrogen-bond donors (Lipinski definition) is 1. The zero-order valence-corrected chi connectivity index (χ0v) is 9.26. The molecule has 0 aliphatic carbocycles. The molecule has 1 amide bonds. The molecule has 4 heteroatoms. The Balaban J connectivity index is 1.86. The molecule has 2 atom stereocenters. The second-order valence-electron chi connectivity index (χ2n) is 4.17. The van der Waals surface area contributed by atoms with E-state index >= 15 is 0 Å². The van der Waals surface area contributed by atoms with Crippen LogP contribution in [0.25, 0.3) is 0 Å². The molecule has 2 saturated heterocycles. The molecule has 0 radical (unpaired) electrons. The van der Waals surface area contributed by atoms with Crippen LogP contribution >= 0.6 is 11.8 Å². The number of rotatable bonds is 2. The summed E-state index contributed by atoms with van der Waals surface area (Å²) in [5, 5.41) is 0.671. The Labute approximate surface area is 89.4 Å². The molecule has 0 aromatic heterocycles. The zero-order chi connectivity index (χ0) is 9.97. The number of nitrogens with two attached hydrogens (primary N) is 1. The second-order valence-corrected chi connectivity index (χ2v) is 5.58. The van der Waals surface area contributed by atoms with Gasteiger partial charge in [-0.2, -0.15) is 11.8 Å². The Morgan fingerprint density at radius 1 is 1.43 bits per heavy atom. The Bertz CT molecular complexity index is 216. The van der Waals surface area contributed by atoms with E-state index in [-0.39, 0.29) is 11.9 Å². The molecule has 2 unspecified atom stereocenters. The maximum atomic E-state index is 11.7. The van der Waals surface area contributed by atoms with Crippen molar-refractivity contribution in [2.75, 3.05) is 18.8 Å². The molecule has 0 aromatic rings. The molecule has 0 bridgehead atoms. The third-order valence-electron chi connectivity index (χ3n) is 3.02. The predicted molar refractivity (Wildman–Crippen MR) is 59.3 cm³/mol. The molecule has 2 N–H and O–H groups in total. The lowest BCUT2D eigenvalue weighted by Crippen LogP contribution is -2.50. The first-order valence-electron chi connectivity index (χ1n) is 5.43. The van der Waals surface area contributed by atoms with Crippen molar-refractivity contribution in [3.8, 4) is 0 Å². The average molecular weight is 214 g/mol. The van der Waals surface area contributed by atoms with Gasteiger partial charge in [-0.15, -0.1) is 0 Å². The van der Waals surface area contributed by atoms with Gasteiger partial charge >= 0.3 is 0 Å². The highest BCUT2D eigenvalue weighted by Gasteiger charge is 2.28. The van der Waals surface area contributed by atoms with Crippen molar-refractivity contribution in [2.45, 2.75) is 37.0 Å². The molecule has 14 heavy (non-hydrogen) atoms. The lowest BCUT2D eigenvalue weighted by atomic mass is 10.1. The highest BCUT2D eigenvalue weighted by Crippen LogP contribution is 2.27. The van der Waals surface area contributed by atoms with Crippen molar-refractivity contribution in [2.24, 2.45) is 5.73 Å². The van der Waals surface area contributed by atoms with Crippen LogP contribution < -0.4 is 5.73 Å². The van der Waals surface area contributed by atoms with Gasteiger partial charge < -0.3 is 10.6 Å². The molecule has 2 fully saturated rings. The fourth-order valence-corrected chi connectivity index (χ4v) is 3.47. The van der Waals surface area contributed by atoms with Crippen LogP contribution in [-0.4, -0.2) is 40.9 Å². The minimum absolute atomic E-state index is 0.170. The first-order chi connectivity index (χ1) is 6.77. The first-order valence-corrected chi connectivity index (χ1v) is 6.48. The van der Waals surface area contributed by atoms with E-state index in [0.29, 0.717) is 5.25 Å². The predicted octanol–water partition coefficient (Wildman–Crippen LogP) is 0.832. The highest BCUT2D eigenvalue weighted by atomic mass is 32.2. The van der Waals surface area contributed by atoms with Crippen molar-refractivity contribution in [1.82, 2.24) is 4.90 Å². The van der Waals surface area contributed by atoms with E-state index < -0.39 is 0 Å². The van der Waals surface area contributed by atoms with Crippen LogP contribution in [0.2, 0.25) is 0 Å². The smallest absolute Gasteiger partial charge is 0.239 e.